The summed E-state index contributed by atoms with van der Waals surface area (Å²) in [6.45, 7) is 9.48. The van der Waals surface area contributed by atoms with E-state index in [1.807, 2.05) is 11.9 Å². The Morgan fingerprint density at radius 1 is 1.32 bits per heavy atom. The number of benzene rings is 1. The van der Waals surface area contributed by atoms with E-state index in [2.05, 4.69) is 51.2 Å². The van der Waals surface area contributed by atoms with Crippen molar-refractivity contribution in [2.75, 3.05) is 18.5 Å². The Kier molecular flexibility index (Phi) is 3.68. The molecule has 0 spiro atoms. The second kappa shape index (κ2) is 4.97. The van der Waals surface area contributed by atoms with Gasteiger partial charge in [-0.1, -0.05) is 32.9 Å². The summed E-state index contributed by atoms with van der Waals surface area (Å²) in [7, 11) is 1.91. The number of aryl methyl sites for hydroxylation is 1. The number of hydrogen-bond donors (Lipinski definition) is 1. The van der Waals surface area contributed by atoms with Gasteiger partial charge >= 0.3 is 0 Å². The number of rotatable bonds is 2. The van der Waals surface area contributed by atoms with Crippen LogP contribution in [0.4, 0.5) is 5.69 Å². The number of nitrogens with zero attached hydrogens (tertiary/aromatic N) is 1. The third-order valence-electron chi connectivity index (χ3n) is 3.89. The van der Waals surface area contributed by atoms with Crippen molar-refractivity contribution in [3.05, 3.63) is 29.3 Å². The molecule has 1 aliphatic heterocycles. The molecular weight excluding hydrogens is 236 g/mol. The third kappa shape index (κ3) is 2.81. The van der Waals surface area contributed by atoms with Gasteiger partial charge in [0.15, 0.2) is 0 Å². The molecule has 1 N–H and O–H groups in total. The monoisotopic (exact) mass is 260 g/mol. The molecule has 1 heterocycles. The van der Waals surface area contributed by atoms with Gasteiger partial charge in [-0.25, -0.2) is 0 Å². The van der Waals surface area contributed by atoms with Gasteiger partial charge in [0.2, 0.25) is 5.91 Å². The third-order valence-corrected chi connectivity index (χ3v) is 3.89. The minimum absolute atomic E-state index is 0.145. The zero-order chi connectivity index (χ0) is 14.2. The maximum Gasteiger partial charge on any atom is 0.228 e. The molecule has 0 aromatic heterocycles. The Morgan fingerprint density at radius 3 is 2.47 bits per heavy atom. The summed E-state index contributed by atoms with van der Waals surface area (Å²) in [4.78, 5) is 14.0. The van der Waals surface area contributed by atoms with Crippen molar-refractivity contribution in [1.29, 1.82) is 0 Å². The van der Waals surface area contributed by atoms with Crippen molar-refractivity contribution in [1.82, 2.24) is 5.32 Å². The van der Waals surface area contributed by atoms with E-state index < -0.39 is 0 Å². The van der Waals surface area contributed by atoms with Crippen LogP contribution in [0, 0.1) is 6.92 Å². The Bertz CT molecular complexity index is 488. The molecule has 0 radical (unpaired) electrons. The first kappa shape index (κ1) is 14.1. The number of anilines is 1. The average Bonchev–Trinajstić information content (AvgIpc) is 2.69. The summed E-state index contributed by atoms with van der Waals surface area (Å²) in [5.41, 5.74) is 3.69. The highest BCUT2D eigenvalue weighted by Crippen LogP contribution is 2.30. The Hall–Kier alpha value is -1.35. The van der Waals surface area contributed by atoms with E-state index in [9.17, 15) is 4.79 Å². The summed E-state index contributed by atoms with van der Waals surface area (Å²) in [6.07, 6.45) is 0.594. The maximum atomic E-state index is 12.1. The van der Waals surface area contributed by atoms with E-state index in [-0.39, 0.29) is 17.4 Å². The van der Waals surface area contributed by atoms with Crippen molar-refractivity contribution in [2.24, 2.45) is 0 Å². The molecule has 1 saturated heterocycles. The van der Waals surface area contributed by atoms with E-state index in [1.54, 1.807) is 0 Å². The number of carbonyl (C=O) groups excluding carboxylic acids is 1. The first-order valence-electron chi connectivity index (χ1n) is 6.91. The maximum absolute atomic E-state index is 12.1. The quantitative estimate of drug-likeness (QED) is 0.886. The van der Waals surface area contributed by atoms with Gasteiger partial charge in [0.1, 0.15) is 0 Å². The number of hydrogen-bond acceptors (Lipinski definition) is 2. The average molecular weight is 260 g/mol. The predicted molar refractivity (Wildman–Crippen MR) is 79.7 cm³/mol. The van der Waals surface area contributed by atoms with Crippen LogP contribution in [-0.4, -0.2) is 25.5 Å². The lowest BCUT2D eigenvalue weighted by molar-refractivity contribution is -0.117. The standard InChI is InChI=1S/C16H24N2O/c1-11-8-12(16(2,3)4)6-7-14(11)18-10-13(17-5)9-15(18)19/h6-8,13,17H,9-10H2,1-5H3. The molecule has 2 rings (SSSR count). The van der Waals surface area contributed by atoms with Crippen LogP contribution in [0.1, 0.15) is 38.3 Å². The molecule has 3 heteroatoms. The van der Waals surface area contributed by atoms with Crippen molar-refractivity contribution in [2.45, 2.75) is 45.6 Å². The van der Waals surface area contributed by atoms with Gasteiger partial charge in [-0.15, -0.1) is 0 Å². The lowest BCUT2D eigenvalue weighted by Crippen LogP contribution is -2.30. The van der Waals surface area contributed by atoms with Crippen molar-refractivity contribution in [3.63, 3.8) is 0 Å². The predicted octanol–water partition coefficient (Wildman–Crippen LogP) is 2.62. The van der Waals surface area contributed by atoms with Gasteiger partial charge in [0.05, 0.1) is 0 Å². The molecular formula is C16H24N2O. The second-order valence-corrected chi connectivity index (χ2v) is 6.45. The molecule has 3 nitrogen and oxygen atoms in total. The van der Waals surface area contributed by atoms with Crippen LogP contribution >= 0.6 is 0 Å². The number of carbonyl (C=O) groups is 1. The Morgan fingerprint density at radius 2 is 2.00 bits per heavy atom. The zero-order valence-corrected chi connectivity index (χ0v) is 12.6. The summed E-state index contributed by atoms with van der Waals surface area (Å²) in [5.74, 6) is 0.214. The highest BCUT2D eigenvalue weighted by molar-refractivity contribution is 5.97. The molecule has 1 aromatic carbocycles. The molecule has 1 atom stereocenters. The molecule has 104 valence electrons. The van der Waals surface area contributed by atoms with Gasteiger partial charge < -0.3 is 10.2 Å². The molecule has 1 amide bonds. The molecule has 0 aliphatic carbocycles. The van der Waals surface area contributed by atoms with Crippen LogP contribution in [0.2, 0.25) is 0 Å². The summed E-state index contributed by atoms with van der Waals surface area (Å²) < 4.78 is 0. The van der Waals surface area contributed by atoms with Crippen LogP contribution < -0.4 is 10.2 Å². The van der Waals surface area contributed by atoms with Crippen LogP contribution in [0.15, 0.2) is 18.2 Å². The normalized spacial score (nSPS) is 20.2. The summed E-state index contributed by atoms with van der Waals surface area (Å²) in [5, 5.41) is 3.19. The van der Waals surface area contributed by atoms with Gasteiger partial charge in [-0.05, 0) is 36.6 Å². The van der Waals surface area contributed by atoms with E-state index in [4.69, 9.17) is 0 Å². The topological polar surface area (TPSA) is 32.3 Å². The SMILES string of the molecule is CNC1CC(=O)N(c2ccc(C(C)(C)C)cc2C)C1. The Balaban J connectivity index is 2.30. The van der Waals surface area contributed by atoms with Gasteiger partial charge in [0.25, 0.3) is 0 Å². The van der Waals surface area contributed by atoms with Crippen LogP contribution in [-0.2, 0) is 10.2 Å². The van der Waals surface area contributed by atoms with Crippen molar-refractivity contribution in [3.8, 4) is 0 Å². The zero-order valence-electron chi connectivity index (χ0n) is 12.6. The van der Waals surface area contributed by atoms with E-state index in [1.165, 1.54) is 11.1 Å². The van der Waals surface area contributed by atoms with Gasteiger partial charge in [-0.2, -0.15) is 0 Å². The van der Waals surface area contributed by atoms with E-state index >= 15 is 0 Å². The van der Waals surface area contributed by atoms with Gasteiger partial charge in [-0.3, -0.25) is 4.79 Å². The highest BCUT2D eigenvalue weighted by Gasteiger charge is 2.30. The molecule has 0 saturated carbocycles. The largest absolute Gasteiger partial charge is 0.315 e. The molecule has 1 aliphatic rings. The summed E-state index contributed by atoms with van der Waals surface area (Å²) >= 11 is 0. The molecule has 0 bridgehead atoms. The van der Waals surface area contributed by atoms with Crippen molar-refractivity contribution >= 4 is 11.6 Å². The Labute approximate surface area is 116 Å². The first-order chi connectivity index (χ1) is 8.82. The number of nitrogens with one attached hydrogen (secondary N) is 1. The minimum Gasteiger partial charge on any atom is -0.315 e. The number of amides is 1. The van der Waals surface area contributed by atoms with Crippen LogP contribution in [0.3, 0.4) is 0 Å². The molecule has 1 unspecified atom stereocenters. The fourth-order valence-electron chi connectivity index (χ4n) is 2.56. The summed E-state index contributed by atoms with van der Waals surface area (Å²) in [6, 6.07) is 6.71. The highest BCUT2D eigenvalue weighted by atomic mass is 16.2. The molecule has 19 heavy (non-hydrogen) atoms. The molecule has 1 aromatic rings. The van der Waals surface area contributed by atoms with Crippen LogP contribution in [0.25, 0.3) is 0 Å². The van der Waals surface area contributed by atoms with Crippen molar-refractivity contribution < 1.29 is 4.79 Å². The second-order valence-electron chi connectivity index (χ2n) is 6.45. The van der Waals surface area contributed by atoms with Crippen LogP contribution in [0.5, 0.6) is 0 Å². The lowest BCUT2D eigenvalue weighted by Gasteiger charge is -2.24. The smallest absolute Gasteiger partial charge is 0.228 e. The van der Waals surface area contributed by atoms with E-state index in [0.29, 0.717) is 6.42 Å². The van der Waals surface area contributed by atoms with E-state index in [0.717, 1.165) is 12.2 Å². The minimum atomic E-state index is 0.145. The number of likely N-dealkylation sites (N-methyl/N-ethyl adjacent to an activating group) is 1. The lowest BCUT2D eigenvalue weighted by atomic mass is 9.86. The molecule has 1 fully saturated rings. The fourth-order valence-corrected chi connectivity index (χ4v) is 2.56. The fraction of sp³-hybridized carbons (Fsp3) is 0.562. The van der Waals surface area contributed by atoms with Gasteiger partial charge in [0, 0.05) is 24.7 Å². The first-order valence-corrected chi connectivity index (χ1v) is 6.91.